The molecule has 1 saturated heterocycles. The van der Waals surface area contributed by atoms with Crippen LogP contribution in [-0.2, 0) is 28.2 Å². The SMILES string of the molecule is CC[Si](CC)(CC)O[C@H]1C[C@H]2OC[C@@]2(OC(C)=O)[C@H]2[C@H](OC(=O)c3ccccc3)[C@]3(O)[C@@H](O)[C@H](O)C(C)=C([C@@H](O)C(=O)[C@]12C)C3(C)C. The van der Waals surface area contributed by atoms with Gasteiger partial charge in [-0.2, -0.15) is 0 Å². The standard InChI is InChI=1S/C35H50O11Si/c1-9-47(10-2,11-3)46-22-17-23-34(18-43-23,45-20(5)36)27-30(44-31(41)21-15-13-12-14-16-21)35(42)29(40)25(37)19(4)24(32(35,6)7)26(38)28(39)33(22,27)8/h12-16,22-23,25-27,29-30,37-38,40,42H,9-11,17-18H2,1-8H3/t22-,23+,25+,26+,27-,29-,30-,33+,34-,35+/m0/s1. The molecule has 0 spiro atoms. The molecule has 0 aromatic heterocycles. The highest BCUT2D eigenvalue weighted by Gasteiger charge is 2.79. The van der Waals surface area contributed by atoms with Crippen LogP contribution in [0.15, 0.2) is 41.5 Å². The number of hydrogen-bond acceptors (Lipinski definition) is 11. The maximum absolute atomic E-state index is 15.2. The minimum Gasteiger partial charge on any atom is -0.455 e. The van der Waals surface area contributed by atoms with Gasteiger partial charge in [-0.25, -0.2) is 4.79 Å². The van der Waals surface area contributed by atoms with Crippen molar-refractivity contribution in [3.8, 4) is 0 Å². The summed E-state index contributed by atoms with van der Waals surface area (Å²) in [5, 5.41) is 48.5. The van der Waals surface area contributed by atoms with Crippen molar-refractivity contribution in [1.29, 1.82) is 0 Å². The second-order valence-electron chi connectivity index (χ2n) is 14.6. The largest absolute Gasteiger partial charge is 0.455 e. The molecule has 0 unspecified atom stereocenters. The van der Waals surface area contributed by atoms with E-state index < -0.39 is 90.6 Å². The number of aliphatic hydroxyl groups excluding tert-OH is 3. The van der Waals surface area contributed by atoms with E-state index in [1.165, 1.54) is 39.8 Å². The third kappa shape index (κ3) is 4.92. The van der Waals surface area contributed by atoms with Crippen molar-refractivity contribution < 1.29 is 53.4 Å². The number of rotatable bonds is 8. The van der Waals surface area contributed by atoms with Crippen LogP contribution in [0, 0.1) is 16.7 Å². The number of aliphatic hydroxyl groups is 4. The van der Waals surface area contributed by atoms with Gasteiger partial charge in [-0.15, -0.1) is 0 Å². The Kier molecular flexibility index (Phi) is 9.27. The minimum absolute atomic E-state index is 0.0282. The van der Waals surface area contributed by atoms with Gasteiger partial charge in [-0.1, -0.05) is 52.8 Å². The molecule has 260 valence electrons. The van der Waals surface area contributed by atoms with Crippen molar-refractivity contribution >= 4 is 26.0 Å². The third-order valence-corrected chi connectivity index (χ3v) is 17.0. The number of carbonyl (C=O) groups excluding carboxylic acids is 3. The highest BCUT2D eigenvalue weighted by atomic mass is 28.4. The molecule has 10 atom stereocenters. The van der Waals surface area contributed by atoms with Crippen LogP contribution < -0.4 is 0 Å². The molecule has 11 nitrogen and oxygen atoms in total. The number of fused-ring (bicyclic) bond motifs is 5. The van der Waals surface area contributed by atoms with Gasteiger partial charge in [0.2, 0.25) is 0 Å². The predicted octanol–water partition coefficient (Wildman–Crippen LogP) is 3.08. The Balaban J connectivity index is 1.87. The first-order valence-electron chi connectivity index (χ1n) is 16.7. The molecule has 1 heterocycles. The molecular weight excluding hydrogens is 624 g/mol. The summed E-state index contributed by atoms with van der Waals surface area (Å²) in [6.07, 6.45) is -8.84. The topological polar surface area (TPSA) is 169 Å². The molecule has 3 fully saturated rings. The summed E-state index contributed by atoms with van der Waals surface area (Å²) in [7, 11) is -2.48. The van der Waals surface area contributed by atoms with E-state index in [1.807, 2.05) is 20.8 Å². The Morgan fingerprint density at radius 1 is 1.02 bits per heavy atom. The van der Waals surface area contributed by atoms with Crippen LogP contribution in [0.5, 0.6) is 0 Å². The number of hydrogen-bond donors (Lipinski definition) is 4. The summed E-state index contributed by atoms with van der Waals surface area (Å²) >= 11 is 0. The lowest BCUT2D eigenvalue weighted by Crippen LogP contribution is -2.84. The van der Waals surface area contributed by atoms with E-state index in [4.69, 9.17) is 18.6 Å². The molecule has 2 saturated carbocycles. The quantitative estimate of drug-likeness (QED) is 0.182. The van der Waals surface area contributed by atoms with Gasteiger partial charge in [0.1, 0.15) is 36.1 Å². The Morgan fingerprint density at radius 2 is 1.62 bits per heavy atom. The minimum atomic E-state index is -2.51. The van der Waals surface area contributed by atoms with Gasteiger partial charge in [0.25, 0.3) is 0 Å². The van der Waals surface area contributed by atoms with Crippen molar-refractivity contribution in [2.45, 2.75) is 128 Å². The molecule has 2 bridgehead atoms. The van der Waals surface area contributed by atoms with Crippen molar-refractivity contribution in [3.05, 3.63) is 47.0 Å². The molecule has 5 rings (SSSR count). The molecule has 12 heteroatoms. The molecule has 4 aliphatic rings. The smallest absolute Gasteiger partial charge is 0.338 e. The van der Waals surface area contributed by atoms with Gasteiger partial charge in [-0.3, -0.25) is 9.59 Å². The van der Waals surface area contributed by atoms with Crippen LogP contribution in [-0.4, -0.2) is 101 Å². The van der Waals surface area contributed by atoms with Gasteiger partial charge in [0, 0.05) is 18.8 Å². The highest BCUT2D eigenvalue weighted by Crippen LogP contribution is 2.64. The van der Waals surface area contributed by atoms with Crippen LogP contribution in [0.3, 0.4) is 0 Å². The van der Waals surface area contributed by atoms with Gasteiger partial charge in [0.05, 0.1) is 29.6 Å². The molecule has 1 aromatic rings. The Morgan fingerprint density at radius 3 is 2.13 bits per heavy atom. The van der Waals surface area contributed by atoms with E-state index >= 15 is 4.79 Å². The molecule has 3 aliphatic carbocycles. The second-order valence-corrected chi connectivity index (χ2v) is 19.3. The van der Waals surface area contributed by atoms with Crippen LogP contribution in [0.2, 0.25) is 18.1 Å². The van der Waals surface area contributed by atoms with E-state index in [2.05, 4.69) is 0 Å². The zero-order valence-corrected chi connectivity index (χ0v) is 29.6. The first kappa shape index (κ1) is 35.8. The molecule has 47 heavy (non-hydrogen) atoms. The average molecular weight is 675 g/mol. The van der Waals surface area contributed by atoms with Gasteiger partial charge in [0.15, 0.2) is 19.7 Å². The van der Waals surface area contributed by atoms with Crippen molar-refractivity contribution in [2.75, 3.05) is 6.61 Å². The monoisotopic (exact) mass is 674 g/mol. The Bertz CT molecular complexity index is 1430. The zero-order chi connectivity index (χ0) is 34.9. The summed E-state index contributed by atoms with van der Waals surface area (Å²) in [5.41, 5.74) is -7.21. The lowest BCUT2D eigenvalue weighted by molar-refractivity contribution is -0.350. The van der Waals surface area contributed by atoms with Crippen LogP contribution in [0.1, 0.15) is 72.2 Å². The normalized spacial score (nSPS) is 39.5. The maximum Gasteiger partial charge on any atom is 0.338 e. The average Bonchev–Trinajstić information content (AvgIpc) is 3.04. The van der Waals surface area contributed by atoms with E-state index in [0.29, 0.717) is 0 Å². The van der Waals surface area contributed by atoms with Crippen LogP contribution in [0.4, 0.5) is 0 Å². The fraction of sp³-hybridized carbons (Fsp3) is 0.686. The van der Waals surface area contributed by atoms with E-state index in [9.17, 15) is 30.0 Å². The molecule has 0 amide bonds. The summed E-state index contributed by atoms with van der Waals surface area (Å²) in [5.74, 6) is -3.60. The summed E-state index contributed by atoms with van der Waals surface area (Å²) < 4.78 is 25.5. The third-order valence-electron chi connectivity index (χ3n) is 12.3. The van der Waals surface area contributed by atoms with E-state index in [-0.39, 0.29) is 29.7 Å². The summed E-state index contributed by atoms with van der Waals surface area (Å²) in [6.45, 7) is 13.4. The number of Topliss-reactive ketones (excluding diaryl/α,β-unsaturated/α-hetero) is 1. The molecule has 0 radical (unpaired) electrons. The molecule has 1 aromatic carbocycles. The van der Waals surface area contributed by atoms with Crippen molar-refractivity contribution in [3.63, 3.8) is 0 Å². The number of esters is 2. The molecular formula is C35H50O11Si. The lowest BCUT2D eigenvalue weighted by atomic mass is 9.44. The van der Waals surface area contributed by atoms with Crippen molar-refractivity contribution in [1.82, 2.24) is 0 Å². The van der Waals surface area contributed by atoms with Crippen molar-refractivity contribution in [2.24, 2.45) is 16.7 Å². The fourth-order valence-electron chi connectivity index (χ4n) is 9.24. The number of ether oxygens (including phenoxy) is 3. The predicted molar refractivity (Wildman–Crippen MR) is 173 cm³/mol. The second kappa shape index (κ2) is 12.2. The fourth-order valence-corrected chi connectivity index (χ4v) is 12.2. The van der Waals surface area contributed by atoms with Crippen LogP contribution in [0.25, 0.3) is 0 Å². The maximum atomic E-state index is 15.2. The highest BCUT2D eigenvalue weighted by molar-refractivity contribution is 6.73. The number of carbonyl (C=O) groups is 3. The number of benzene rings is 1. The summed E-state index contributed by atoms with van der Waals surface area (Å²) in [4.78, 5) is 42.0. The summed E-state index contributed by atoms with van der Waals surface area (Å²) in [6, 6.07) is 10.3. The molecule has 1 aliphatic heterocycles. The van der Waals surface area contributed by atoms with Gasteiger partial charge < -0.3 is 39.1 Å². The Hall–Kier alpha value is -2.45. The van der Waals surface area contributed by atoms with E-state index in [1.54, 1.807) is 25.1 Å². The zero-order valence-electron chi connectivity index (χ0n) is 28.6. The van der Waals surface area contributed by atoms with Gasteiger partial charge in [-0.05, 0) is 55.3 Å². The van der Waals surface area contributed by atoms with Gasteiger partial charge >= 0.3 is 11.9 Å². The number of ketones is 1. The lowest BCUT2D eigenvalue weighted by Gasteiger charge is -2.68. The van der Waals surface area contributed by atoms with Crippen LogP contribution >= 0.6 is 0 Å². The van der Waals surface area contributed by atoms with E-state index in [0.717, 1.165) is 18.1 Å². The Labute approximate surface area is 277 Å². The first-order chi connectivity index (χ1) is 21.9. The molecule has 4 N–H and O–H groups in total. The first-order valence-corrected chi connectivity index (χ1v) is 19.2.